The summed E-state index contributed by atoms with van der Waals surface area (Å²) in [5.41, 5.74) is 3.27. The molecule has 0 spiro atoms. The zero-order valence-electron chi connectivity index (χ0n) is 18.6. The van der Waals surface area contributed by atoms with Gasteiger partial charge in [-0.3, -0.25) is 4.79 Å². The first-order chi connectivity index (χ1) is 15.6. The Hall–Kier alpha value is -3.37. The smallest absolute Gasteiger partial charge is 0.340 e. The average molecular weight is 472 g/mol. The van der Waals surface area contributed by atoms with Crippen LogP contribution in [0.2, 0.25) is 0 Å². The summed E-state index contributed by atoms with van der Waals surface area (Å²) in [6.07, 6.45) is 2.07. The van der Waals surface area contributed by atoms with Crippen LogP contribution >= 0.6 is 0 Å². The van der Waals surface area contributed by atoms with Gasteiger partial charge in [-0.1, -0.05) is 0 Å². The summed E-state index contributed by atoms with van der Waals surface area (Å²) in [6.45, 7) is 5.60. The molecule has 3 aromatic rings. The minimum Gasteiger partial charge on any atom is -0.467 e. The lowest BCUT2D eigenvalue weighted by Gasteiger charge is -2.22. The van der Waals surface area contributed by atoms with Crippen LogP contribution in [-0.4, -0.2) is 37.5 Å². The van der Waals surface area contributed by atoms with Gasteiger partial charge < -0.3 is 18.6 Å². The number of primary sulfonamides is 1. The monoisotopic (exact) mass is 471 g/mol. The fraction of sp³-hybridized carbons (Fsp3) is 0.304. The Morgan fingerprint density at radius 2 is 1.97 bits per heavy atom. The van der Waals surface area contributed by atoms with Crippen molar-refractivity contribution in [2.75, 3.05) is 11.5 Å². The maximum atomic E-state index is 12.9. The van der Waals surface area contributed by atoms with Gasteiger partial charge in [0.15, 0.2) is 6.61 Å². The maximum Gasteiger partial charge on any atom is 0.340 e. The van der Waals surface area contributed by atoms with Gasteiger partial charge in [0.1, 0.15) is 5.76 Å². The summed E-state index contributed by atoms with van der Waals surface area (Å²) in [5, 5.41) is 5.21. The lowest BCUT2D eigenvalue weighted by Crippen LogP contribution is -2.38. The Morgan fingerprint density at radius 3 is 2.64 bits per heavy atom. The van der Waals surface area contributed by atoms with E-state index in [1.807, 2.05) is 31.4 Å². The number of hydrogen-bond donors (Lipinski definition) is 1. The quantitative estimate of drug-likeness (QED) is 0.551. The molecule has 0 saturated heterocycles. The normalized spacial score (nSPS) is 15.5. The fourth-order valence-corrected chi connectivity index (χ4v) is 4.81. The molecule has 1 aliphatic heterocycles. The highest BCUT2D eigenvalue weighted by Gasteiger charge is 2.32. The lowest BCUT2D eigenvalue weighted by atomic mass is 10.1. The van der Waals surface area contributed by atoms with Gasteiger partial charge in [0.05, 0.1) is 23.3 Å². The van der Waals surface area contributed by atoms with Crippen LogP contribution in [0.1, 0.15) is 40.0 Å². The zero-order valence-corrected chi connectivity index (χ0v) is 19.4. The van der Waals surface area contributed by atoms with E-state index in [4.69, 9.17) is 14.3 Å². The van der Waals surface area contributed by atoms with Crippen molar-refractivity contribution in [3.05, 3.63) is 70.9 Å². The number of carbonyl (C=O) groups is 2. The standard InChI is InChI=1S/C23H25N3O6S/c1-14-10-20(16(3)25(14)12-18-5-4-8-31-18)23(28)32-13-22(27)26-15(2)9-17-11-19(33(24,29)30)6-7-21(17)26/h4-8,10-11,15H,9,12-13H2,1-3H3,(H2,24,29,30). The molecule has 9 nitrogen and oxygen atoms in total. The number of nitrogens with two attached hydrogens (primary N) is 1. The van der Waals surface area contributed by atoms with E-state index in [9.17, 15) is 18.0 Å². The number of hydrogen-bond acceptors (Lipinski definition) is 6. The molecular formula is C23H25N3O6S. The first kappa shape index (κ1) is 22.8. The molecule has 0 radical (unpaired) electrons. The highest BCUT2D eigenvalue weighted by Crippen LogP contribution is 2.33. The molecule has 2 N–H and O–H groups in total. The average Bonchev–Trinajstić information content (AvgIpc) is 3.44. The Morgan fingerprint density at radius 1 is 1.21 bits per heavy atom. The minimum atomic E-state index is -3.83. The van der Waals surface area contributed by atoms with E-state index < -0.39 is 22.6 Å². The second-order valence-corrected chi connectivity index (χ2v) is 9.74. The second-order valence-electron chi connectivity index (χ2n) is 8.18. The highest BCUT2D eigenvalue weighted by atomic mass is 32.2. The van der Waals surface area contributed by atoms with Crippen molar-refractivity contribution in [1.82, 2.24) is 4.57 Å². The Balaban J connectivity index is 1.46. The Labute approximate surface area is 191 Å². The topological polar surface area (TPSA) is 125 Å². The van der Waals surface area contributed by atoms with Crippen molar-refractivity contribution in [2.24, 2.45) is 5.14 Å². The van der Waals surface area contributed by atoms with Crippen molar-refractivity contribution in [3.63, 3.8) is 0 Å². The molecule has 10 heteroatoms. The first-order valence-electron chi connectivity index (χ1n) is 10.4. The number of furan rings is 1. The fourth-order valence-electron chi connectivity index (χ4n) is 4.25. The Bertz CT molecular complexity index is 1320. The van der Waals surface area contributed by atoms with Crippen LogP contribution in [0.4, 0.5) is 5.69 Å². The van der Waals surface area contributed by atoms with Gasteiger partial charge in [-0.25, -0.2) is 18.4 Å². The van der Waals surface area contributed by atoms with Gasteiger partial charge in [0, 0.05) is 23.1 Å². The summed E-state index contributed by atoms with van der Waals surface area (Å²) >= 11 is 0. The SMILES string of the molecule is Cc1cc(C(=O)OCC(=O)N2c3ccc(S(N)(=O)=O)cc3CC2C)c(C)n1Cc1ccco1. The largest absolute Gasteiger partial charge is 0.467 e. The second kappa shape index (κ2) is 8.53. The van der Waals surface area contributed by atoms with Crippen molar-refractivity contribution >= 4 is 27.6 Å². The van der Waals surface area contributed by atoms with Gasteiger partial charge >= 0.3 is 5.97 Å². The molecule has 1 atom stereocenters. The third kappa shape index (κ3) is 4.44. The third-order valence-corrected chi connectivity index (χ3v) is 6.79. The molecule has 2 aromatic heterocycles. The number of nitrogens with zero attached hydrogens (tertiary/aromatic N) is 2. The van der Waals surface area contributed by atoms with Crippen LogP contribution in [0.3, 0.4) is 0 Å². The van der Waals surface area contributed by atoms with Gasteiger partial charge in [-0.05, 0) is 69.2 Å². The molecule has 1 unspecified atom stereocenters. The predicted octanol–water partition coefficient (Wildman–Crippen LogP) is 2.53. The summed E-state index contributed by atoms with van der Waals surface area (Å²) in [7, 11) is -3.83. The third-order valence-electron chi connectivity index (χ3n) is 5.88. The number of ether oxygens (including phenoxy) is 1. The number of benzene rings is 1. The van der Waals surface area contributed by atoms with E-state index in [-0.39, 0.29) is 16.8 Å². The van der Waals surface area contributed by atoms with Crippen molar-refractivity contribution in [3.8, 4) is 0 Å². The number of rotatable bonds is 6. The molecule has 1 aromatic carbocycles. The molecular weight excluding hydrogens is 446 g/mol. The van der Waals surface area contributed by atoms with Crippen molar-refractivity contribution < 1.29 is 27.2 Å². The maximum absolute atomic E-state index is 12.9. The van der Waals surface area contributed by atoms with Gasteiger partial charge in [-0.2, -0.15) is 0 Å². The van der Waals surface area contributed by atoms with Crippen LogP contribution in [0.15, 0.2) is 52.0 Å². The van der Waals surface area contributed by atoms with Gasteiger partial charge in [0.2, 0.25) is 10.0 Å². The minimum absolute atomic E-state index is 0.000850. The molecule has 33 heavy (non-hydrogen) atoms. The number of carbonyl (C=O) groups excluding carboxylic acids is 2. The van der Waals surface area contributed by atoms with Crippen LogP contribution in [0.25, 0.3) is 0 Å². The summed E-state index contributed by atoms with van der Waals surface area (Å²) in [5.74, 6) is -0.208. The van der Waals surface area contributed by atoms with Crippen LogP contribution < -0.4 is 10.0 Å². The lowest BCUT2D eigenvalue weighted by molar-refractivity contribution is -0.122. The van der Waals surface area contributed by atoms with Crippen LogP contribution in [0.5, 0.6) is 0 Å². The van der Waals surface area contributed by atoms with Crippen LogP contribution in [-0.2, 0) is 32.5 Å². The summed E-state index contributed by atoms with van der Waals surface area (Å²) in [6, 6.07) is 9.59. The predicted molar refractivity (Wildman–Crippen MR) is 120 cm³/mol. The number of anilines is 1. The number of amides is 1. The molecule has 1 aliphatic rings. The van der Waals surface area contributed by atoms with Crippen molar-refractivity contribution in [2.45, 2.75) is 44.7 Å². The molecule has 4 rings (SSSR count). The van der Waals surface area contributed by atoms with Crippen molar-refractivity contribution in [1.29, 1.82) is 0 Å². The summed E-state index contributed by atoms with van der Waals surface area (Å²) in [4.78, 5) is 27.1. The molecule has 0 aliphatic carbocycles. The van der Waals surface area contributed by atoms with E-state index in [1.54, 1.807) is 24.5 Å². The number of sulfonamides is 1. The van der Waals surface area contributed by atoms with E-state index in [0.717, 1.165) is 17.1 Å². The molecule has 0 bridgehead atoms. The van der Waals surface area contributed by atoms with E-state index >= 15 is 0 Å². The molecule has 1 amide bonds. The van der Waals surface area contributed by atoms with Crippen LogP contribution in [0, 0.1) is 13.8 Å². The number of fused-ring (bicyclic) bond motifs is 1. The zero-order chi connectivity index (χ0) is 23.9. The van der Waals surface area contributed by atoms with E-state index in [1.165, 1.54) is 17.0 Å². The van der Waals surface area contributed by atoms with Gasteiger partial charge in [0.25, 0.3) is 5.91 Å². The Kier molecular flexibility index (Phi) is 5.89. The first-order valence-corrected chi connectivity index (χ1v) is 11.9. The molecule has 0 saturated carbocycles. The highest BCUT2D eigenvalue weighted by molar-refractivity contribution is 7.89. The summed E-state index contributed by atoms with van der Waals surface area (Å²) < 4.78 is 35.9. The molecule has 0 fully saturated rings. The number of esters is 1. The van der Waals surface area contributed by atoms with E-state index in [2.05, 4.69) is 0 Å². The number of aryl methyl sites for hydroxylation is 1. The molecule has 174 valence electrons. The van der Waals surface area contributed by atoms with Gasteiger partial charge in [-0.15, -0.1) is 0 Å². The van der Waals surface area contributed by atoms with E-state index in [0.29, 0.717) is 29.8 Å². The molecule has 3 heterocycles. The number of aromatic nitrogens is 1.